The van der Waals surface area contributed by atoms with Crippen molar-refractivity contribution < 1.29 is 14.3 Å². The lowest BCUT2D eigenvalue weighted by Gasteiger charge is -2.16. The van der Waals surface area contributed by atoms with Gasteiger partial charge in [-0.25, -0.2) is 0 Å². The van der Waals surface area contributed by atoms with Gasteiger partial charge in [0.1, 0.15) is 11.9 Å². The second-order valence-corrected chi connectivity index (χ2v) is 4.78. The van der Waals surface area contributed by atoms with Gasteiger partial charge in [0.15, 0.2) is 0 Å². The molecule has 0 aromatic heterocycles. The highest BCUT2D eigenvalue weighted by Crippen LogP contribution is 2.43. The number of hydrogen-bond donors (Lipinski definition) is 0. The molecule has 1 aliphatic carbocycles. The highest BCUT2D eigenvalue weighted by atomic mass is 16.5. The van der Waals surface area contributed by atoms with E-state index >= 15 is 0 Å². The number of ether oxygens (including phenoxy) is 1. The molecule has 0 spiro atoms. The summed E-state index contributed by atoms with van der Waals surface area (Å²) >= 11 is 0. The largest absolute Gasteiger partial charge is 0.489 e. The lowest BCUT2D eigenvalue weighted by molar-refractivity contribution is -0.112. The maximum absolute atomic E-state index is 12.2. The van der Waals surface area contributed by atoms with Gasteiger partial charge in [-0.1, -0.05) is 31.2 Å². The van der Waals surface area contributed by atoms with Crippen LogP contribution in [0.2, 0.25) is 0 Å². The predicted octanol–water partition coefficient (Wildman–Crippen LogP) is 2.61. The summed E-state index contributed by atoms with van der Waals surface area (Å²) in [6, 6.07) is 7.16. The highest BCUT2D eigenvalue weighted by molar-refractivity contribution is 6.52. The first-order valence-corrected chi connectivity index (χ1v) is 6.24. The summed E-state index contributed by atoms with van der Waals surface area (Å²) in [4.78, 5) is 24.3. The van der Waals surface area contributed by atoms with Crippen molar-refractivity contribution in [3.05, 3.63) is 41.0 Å². The third-order valence-electron chi connectivity index (χ3n) is 3.79. The summed E-state index contributed by atoms with van der Waals surface area (Å²) in [7, 11) is 0. The van der Waals surface area contributed by atoms with E-state index in [2.05, 4.69) is 0 Å². The summed E-state index contributed by atoms with van der Waals surface area (Å²) in [5.41, 5.74) is 1.80. The number of carbonyl (C=O) groups is 2. The normalized spacial score (nSPS) is 25.9. The number of carbonyl (C=O) groups excluding carboxylic acids is 2. The van der Waals surface area contributed by atoms with E-state index in [9.17, 15) is 9.59 Å². The molecule has 0 radical (unpaired) electrons. The number of benzene rings is 1. The van der Waals surface area contributed by atoms with Crippen LogP contribution in [0, 0.1) is 5.92 Å². The van der Waals surface area contributed by atoms with E-state index in [0.717, 1.165) is 12.0 Å². The lowest BCUT2D eigenvalue weighted by Crippen LogP contribution is -2.26. The summed E-state index contributed by atoms with van der Waals surface area (Å²) in [6.07, 6.45) is 0.768. The maximum Gasteiger partial charge on any atom is 0.234 e. The molecule has 0 N–H and O–H groups in total. The first-order valence-electron chi connectivity index (χ1n) is 6.24. The van der Waals surface area contributed by atoms with Gasteiger partial charge in [-0.15, -0.1) is 0 Å². The second kappa shape index (κ2) is 3.80. The van der Waals surface area contributed by atoms with E-state index in [0.29, 0.717) is 16.9 Å². The molecule has 1 aromatic rings. The molecule has 0 saturated carbocycles. The first-order chi connectivity index (χ1) is 8.65. The van der Waals surface area contributed by atoms with Gasteiger partial charge in [-0.3, -0.25) is 9.59 Å². The Morgan fingerprint density at radius 2 is 1.78 bits per heavy atom. The van der Waals surface area contributed by atoms with Crippen molar-refractivity contribution in [1.29, 1.82) is 0 Å². The van der Waals surface area contributed by atoms with Crippen LogP contribution in [0.3, 0.4) is 0 Å². The zero-order valence-corrected chi connectivity index (χ0v) is 10.4. The number of hydrogen-bond acceptors (Lipinski definition) is 3. The van der Waals surface area contributed by atoms with Crippen LogP contribution >= 0.6 is 0 Å². The zero-order valence-electron chi connectivity index (χ0n) is 10.4. The Bertz CT molecular complexity index is 583. The second-order valence-electron chi connectivity index (χ2n) is 4.78. The third kappa shape index (κ3) is 1.30. The van der Waals surface area contributed by atoms with Crippen molar-refractivity contribution in [2.75, 3.05) is 0 Å². The molecule has 92 valence electrons. The number of rotatable bonds is 1. The van der Waals surface area contributed by atoms with E-state index in [1.165, 1.54) is 0 Å². The molecule has 2 atom stereocenters. The van der Waals surface area contributed by atoms with Crippen LogP contribution in [-0.4, -0.2) is 17.7 Å². The molecule has 0 amide bonds. The first kappa shape index (κ1) is 11.2. The molecular formula is C15H14O3. The molecule has 0 bridgehead atoms. The summed E-state index contributed by atoms with van der Waals surface area (Å²) in [5.74, 6) is -0.139. The van der Waals surface area contributed by atoms with Gasteiger partial charge in [0, 0.05) is 17.0 Å². The minimum atomic E-state index is -0.402. The molecular weight excluding hydrogens is 228 g/mol. The van der Waals surface area contributed by atoms with Crippen molar-refractivity contribution >= 4 is 17.3 Å². The van der Waals surface area contributed by atoms with Crippen LogP contribution in [0.1, 0.15) is 36.2 Å². The molecule has 0 saturated heterocycles. The third-order valence-corrected chi connectivity index (χ3v) is 3.79. The smallest absolute Gasteiger partial charge is 0.234 e. The number of fused-ring (bicyclic) bond motifs is 2. The van der Waals surface area contributed by atoms with Gasteiger partial charge in [-0.05, 0) is 13.3 Å². The Kier molecular flexibility index (Phi) is 2.37. The molecule has 0 fully saturated rings. The van der Waals surface area contributed by atoms with Crippen LogP contribution in [0.4, 0.5) is 0 Å². The number of Topliss-reactive ketones (excluding diaryl/α,β-unsaturated/α-hetero) is 2. The molecule has 1 aromatic carbocycles. The van der Waals surface area contributed by atoms with Crippen LogP contribution in [0.5, 0.6) is 0 Å². The zero-order chi connectivity index (χ0) is 12.9. The molecule has 3 heteroatoms. The van der Waals surface area contributed by atoms with E-state index in [1.807, 2.05) is 26.0 Å². The summed E-state index contributed by atoms with van der Waals surface area (Å²) in [5, 5.41) is 0. The van der Waals surface area contributed by atoms with Gasteiger partial charge in [-0.2, -0.15) is 0 Å². The maximum atomic E-state index is 12.2. The van der Waals surface area contributed by atoms with Crippen molar-refractivity contribution in [2.24, 2.45) is 5.92 Å². The van der Waals surface area contributed by atoms with Gasteiger partial charge >= 0.3 is 0 Å². The fourth-order valence-electron chi connectivity index (χ4n) is 2.87. The molecule has 3 nitrogen and oxygen atoms in total. The monoisotopic (exact) mass is 242 g/mol. The standard InChI is InChI=1S/C15H14O3/c1-3-9-8(2)18-15-11-7-5-4-6-10(11)13(16)14(17)12(9)15/h4-9H,3H2,1-2H3. The average Bonchev–Trinajstić information content (AvgIpc) is 2.73. The topological polar surface area (TPSA) is 43.4 Å². The minimum absolute atomic E-state index is 0.0322. The molecule has 1 aliphatic heterocycles. The fourth-order valence-corrected chi connectivity index (χ4v) is 2.87. The van der Waals surface area contributed by atoms with E-state index < -0.39 is 5.78 Å². The van der Waals surface area contributed by atoms with Crippen molar-refractivity contribution in [1.82, 2.24) is 0 Å². The predicted molar refractivity (Wildman–Crippen MR) is 67.0 cm³/mol. The van der Waals surface area contributed by atoms with Gasteiger partial charge < -0.3 is 4.74 Å². The van der Waals surface area contributed by atoms with E-state index in [1.54, 1.807) is 12.1 Å². The van der Waals surface area contributed by atoms with Crippen molar-refractivity contribution in [2.45, 2.75) is 26.4 Å². The van der Waals surface area contributed by atoms with Crippen molar-refractivity contribution in [3.63, 3.8) is 0 Å². The average molecular weight is 242 g/mol. The molecule has 18 heavy (non-hydrogen) atoms. The Labute approximate surface area is 105 Å². The Hall–Kier alpha value is -1.90. The Morgan fingerprint density at radius 3 is 2.44 bits per heavy atom. The fraction of sp³-hybridized carbons (Fsp3) is 0.333. The van der Waals surface area contributed by atoms with Gasteiger partial charge in [0.25, 0.3) is 0 Å². The van der Waals surface area contributed by atoms with Crippen LogP contribution < -0.4 is 0 Å². The van der Waals surface area contributed by atoms with Crippen LogP contribution in [0.15, 0.2) is 29.8 Å². The number of ketones is 2. The van der Waals surface area contributed by atoms with E-state index in [-0.39, 0.29) is 17.8 Å². The minimum Gasteiger partial charge on any atom is -0.489 e. The van der Waals surface area contributed by atoms with Gasteiger partial charge in [0.2, 0.25) is 11.6 Å². The van der Waals surface area contributed by atoms with Crippen LogP contribution in [0.25, 0.3) is 5.76 Å². The van der Waals surface area contributed by atoms with Crippen LogP contribution in [-0.2, 0) is 9.53 Å². The summed E-state index contributed by atoms with van der Waals surface area (Å²) < 4.78 is 5.82. The molecule has 3 rings (SSSR count). The Balaban J connectivity index is 2.25. The van der Waals surface area contributed by atoms with E-state index in [4.69, 9.17) is 4.74 Å². The Morgan fingerprint density at radius 1 is 1.11 bits per heavy atom. The SMILES string of the molecule is CCC1C2=C(OC1C)c1ccccc1C(=O)C2=O. The summed E-state index contributed by atoms with van der Waals surface area (Å²) in [6.45, 7) is 3.96. The lowest BCUT2D eigenvalue weighted by atomic mass is 9.82. The molecule has 2 aliphatic rings. The van der Waals surface area contributed by atoms with Gasteiger partial charge in [0.05, 0.1) is 5.57 Å². The quantitative estimate of drug-likeness (QED) is 0.711. The molecule has 2 unspecified atom stereocenters. The van der Waals surface area contributed by atoms with Crippen molar-refractivity contribution in [3.8, 4) is 0 Å². The highest BCUT2D eigenvalue weighted by Gasteiger charge is 2.43. The molecule has 1 heterocycles.